The van der Waals surface area contributed by atoms with Crippen molar-refractivity contribution in [3.8, 4) is 28.0 Å². The molecule has 1 fully saturated rings. The smallest absolute Gasteiger partial charge is 0.119 e. The summed E-state index contributed by atoms with van der Waals surface area (Å²) in [4.78, 5) is 9.57. The Bertz CT molecular complexity index is 1210. The van der Waals surface area contributed by atoms with Crippen LogP contribution >= 0.6 is 0 Å². The molecule has 0 amide bonds. The monoisotopic (exact) mass is 440 g/mol. The number of rotatable bonds is 7. The third-order valence-corrected chi connectivity index (χ3v) is 6.71. The van der Waals surface area contributed by atoms with Crippen LogP contribution in [0.25, 0.3) is 33.2 Å². The van der Waals surface area contributed by atoms with E-state index >= 15 is 0 Å². The second kappa shape index (κ2) is 9.77. The lowest BCUT2D eigenvalue weighted by Crippen LogP contribution is -2.44. The van der Waals surface area contributed by atoms with E-state index in [0.29, 0.717) is 0 Å². The lowest BCUT2D eigenvalue weighted by Gasteiger charge is -2.32. The minimum Gasteiger partial charge on any atom is -0.497 e. The first kappa shape index (κ1) is 21.7. The van der Waals surface area contributed by atoms with Gasteiger partial charge in [0.15, 0.2) is 0 Å². The number of hydrogen-bond donors (Lipinski definition) is 0. The summed E-state index contributed by atoms with van der Waals surface area (Å²) in [5.41, 5.74) is 5.89. The minimum atomic E-state index is 0.881. The zero-order chi connectivity index (χ0) is 22.6. The fraction of sp³-hybridized carbons (Fsp3) is 0.321. The number of aryl methyl sites for hydroxylation is 1. The number of fused-ring (bicyclic) bond motifs is 1. The summed E-state index contributed by atoms with van der Waals surface area (Å²) in [5, 5.41) is 1.21. The molecule has 0 spiro atoms. The standard InChI is InChI=1S/C28H32N4O/c1-30-13-15-31(16-14-30)11-6-12-32-21-27(26-18-25(33-2)9-10-28(26)32)24-17-23(19-29-20-24)22-7-4-3-5-8-22/h3-5,7-10,17-21H,6,11-16H2,1-2H3. The van der Waals surface area contributed by atoms with Gasteiger partial charge in [0.25, 0.3) is 0 Å². The van der Waals surface area contributed by atoms with Crippen LogP contribution in [0.4, 0.5) is 0 Å². The van der Waals surface area contributed by atoms with Crippen LogP contribution in [0.1, 0.15) is 6.42 Å². The first-order valence-electron chi connectivity index (χ1n) is 11.8. The van der Waals surface area contributed by atoms with Crippen LogP contribution in [0.3, 0.4) is 0 Å². The third kappa shape index (κ3) is 4.80. The molecular formula is C28H32N4O. The van der Waals surface area contributed by atoms with Gasteiger partial charge in [0, 0.05) is 78.9 Å². The topological polar surface area (TPSA) is 33.5 Å². The molecule has 5 nitrogen and oxygen atoms in total. The van der Waals surface area contributed by atoms with Gasteiger partial charge in [0.1, 0.15) is 5.75 Å². The predicted octanol–water partition coefficient (Wildman–Crippen LogP) is 5.02. The molecule has 2 aromatic heterocycles. The van der Waals surface area contributed by atoms with Crippen LogP contribution in [0.5, 0.6) is 5.75 Å². The maximum absolute atomic E-state index is 5.55. The fourth-order valence-corrected chi connectivity index (χ4v) is 4.73. The van der Waals surface area contributed by atoms with E-state index in [9.17, 15) is 0 Å². The molecule has 5 rings (SSSR count). The van der Waals surface area contributed by atoms with Crippen molar-refractivity contribution in [2.24, 2.45) is 0 Å². The van der Waals surface area contributed by atoms with Gasteiger partial charge in [-0.2, -0.15) is 0 Å². The second-order valence-corrected chi connectivity index (χ2v) is 8.95. The molecule has 5 heteroatoms. The van der Waals surface area contributed by atoms with Gasteiger partial charge in [-0.25, -0.2) is 0 Å². The predicted molar refractivity (Wildman–Crippen MR) is 136 cm³/mol. The van der Waals surface area contributed by atoms with Gasteiger partial charge in [-0.3, -0.25) is 4.98 Å². The van der Waals surface area contributed by atoms with Gasteiger partial charge in [-0.1, -0.05) is 30.3 Å². The third-order valence-electron chi connectivity index (χ3n) is 6.71. The number of likely N-dealkylation sites (N-methyl/N-ethyl adjacent to an activating group) is 1. The van der Waals surface area contributed by atoms with Gasteiger partial charge in [-0.05, 0) is 49.8 Å². The van der Waals surface area contributed by atoms with Crippen LogP contribution in [0.15, 0.2) is 73.2 Å². The maximum Gasteiger partial charge on any atom is 0.119 e. The van der Waals surface area contributed by atoms with E-state index in [2.05, 4.69) is 81.1 Å². The highest BCUT2D eigenvalue weighted by Gasteiger charge is 2.15. The van der Waals surface area contributed by atoms with Gasteiger partial charge in [0.05, 0.1) is 7.11 Å². The van der Waals surface area contributed by atoms with E-state index in [0.717, 1.165) is 36.4 Å². The van der Waals surface area contributed by atoms with E-state index in [1.165, 1.54) is 48.2 Å². The van der Waals surface area contributed by atoms with Crippen LogP contribution in [-0.4, -0.2) is 66.2 Å². The highest BCUT2D eigenvalue weighted by atomic mass is 16.5. The SMILES string of the molecule is COc1ccc2c(c1)c(-c1cncc(-c3ccccc3)c1)cn2CCCN1CCN(C)CC1. The van der Waals surface area contributed by atoms with Gasteiger partial charge >= 0.3 is 0 Å². The molecule has 2 aromatic carbocycles. The first-order valence-corrected chi connectivity index (χ1v) is 11.8. The molecule has 0 bridgehead atoms. The average molecular weight is 441 g/mol. The lowest BCUT2D eigenvalue weighted by atomic mass is 10.0. The van der Waals surface area contributed by atoms with Gasteiger partial charge < -0.3 is 19.1 Å². The normalized spacial score (nSPS) is 15.2. The van der Waals surface area contributed by atoms with Crippen molar-refractivity contribution in [2.45, 2.75) is 13.0 Å². The number of benzene rings is 2. The number of ether oxygens (including phenoxy) is 1. The minimum absolute atomic E-state index is 0.881. The van der Waals surface area contributed by atoms with Crippen molar-refractivity contribution in [3.63, 3.8) is 0 Å². The molecule has 0 radical (unpaired) electrons. The quantitative estimate of drug-likeness (QED) is 0.404. The van der Waals surface area contributed by atoms with Crippen molar-refractivity contribution in [2.75, 3.05) is 46.9 Å². The Labute approximate surface area is 196 Å². The number of aromatic nitrogens is 2. The second-order valence-electron chi connectivity index (χ2n) is 8.95. The summed E-state index contributed by atoms with van der Waals surface area (Å²) in [7, 11) is 3.94. The summed E-state index contributed by atoms with van der Waals surface area (Å²) in [5.74, 6) is 0.881. The number of hydrogen-bond acceptors (Lipinski definition) is 4. The highest BCUT2D eigenvalue weighted by Crippen LogP contribution is 2.34. The first-order chi connectivity index (χ1) is 16.2. The Morgan fingerprint density at radius 3 is 2.42 bits per heavy atom. The molecule has 0 atom stereocenters. The van der Waals surface area contributed by atoms with Crippen molar-refractivity contribution in [1.29, 1.82) is 0 Å². The molecule has 1 aliphatic heterocycles. The summed E-state index contributed by atoms with van der Waals surface area (Å²) in [6.07, 6.45) is 7.34. The number of pyridine rings is 1. The molecule has 170 valence electrons. The zero-order valence-corrected chi connectivity index (χ0v) is 19.6. The average Bonchev–Trinajstić information content (AvgIpc) is 3.23. The molecule has 1 aliphatic rings. The Kier molecular flexibility index (Phi) is 6.42. The summed E-state index contributed by atoms with van der Waals surface area (Å²) in [6, 6.07) is 19.1. The van der Waals surface area contributed by atoms with Crippen LogP contribution in [0, 0.1) is 0 Å². The van der Waals surface area contributed by atoms with Crippen molar-refractivity contribution in [1.82, 2.24) is 19.4 Å². The van der Waals surface area contributed by atoms with E-state index in [4.69, 9.17) is 4.74 Å². The van der Waals surface area contributed by atoms with Crippen LogP contribution < -0.4 is 4.74 Å². The van der Waals surface area contributed by atoms with Gasteiger partial charge in [-0.15, -0.1) is 0 Å². The highest BCUT2D eigenvalue weighted by molar-refractivity contribution is 5.97. The molecule has 3 heterocycles. The van der Waals surface area contributed by atoms with Crippen molar-refractivity contribution < 1.29 is 4.74 Å². The maximum atomic E-state index is 5.55. The summed E-state index contributed by atoms with van der Waals surface area (Å²) < 4.78 is 7.95. The summed E-state index contributed by atoms with van der Waals surface area (Å²) in [6.45, 7) is 6.82. The Morgan fingerprint density at radius 2 is 1.64 bits per heavy atom. The van der Waals surface area contributed by atoms with Gasteiger partial charge in [0.2, 0.25) is 0 Å². The van der Waals surface area contributed by atoms with E-state index in [1.807, 2.05) is 18.5 Å². The van der Waals surface area contributed by atoms with Crippen molar-refractivity contribution in [3.05, 3.63) is 73.2 Å². The van der Waals surface area contributed by atoms with Crippen LogP contribution in [0.2, 0.25) is 0 Å². The molecule has 33 heavy (non-hydrogen) atoms. The molecule has 0 aliphatic carbocycles. The lowest BCUT2D eigenvalue weighted by molar-refractivity contribution is 0.151. The fourth-order valence-electron chi connectivity index (χ4n) is 4.73. The van der Waals surface area contributed by atoms with E-state index in [-0.39, 0.29) is 0 Å². The number of nitrogens with zero attached hydrogens (tertiary/aromatic N) is 4. The molecule has 0 unspecified atom stereocenters. The number of piperazine rings is 1. The Hall–Kier alpha value is -3.15. The molecular weight excluding hydrogens is 408 g/mol. The largest absolute Gasteiger partial charge is 0.497 e. The Balaban J connectivity index is 1.44. The van der Waals surface area contributed by atoms with Crippen molar-refractivity contribution >= 4 is 10.9 Å². The zero-order valence-electron chi connectivity index (χ0n) is 19.6. The van der Waals surface area contributed by atoms with E-state index in [1.54, 1.807) is 7.11 Å². The molecule has 4 aromatic rings. The Morgan fingerprint density at radius 1 is 0.848 bits per heavy atom. The molecule has 1 saturated heterocycles. The summed E-state index contributed by atoms with van der Waals surface area (Å²) >= 11 is 0. The molecule has 0 saturated carbocycles. The van der Waals surface area contributed by atoms with Crippen LogP contribution in [-0.2, 0) is 6.54 Å². The van der Waals surface area contributed by atoms with E-state index < -0.39 is 0 Å². The molecule has 0 N–H and O–H groups in total. The number of methoxy groups -OCH3 is 1.